The van der Waals surface area contributed by atoms with Crippen LogP contribution in [0, 0.1) is 0 Å². The van der Waals surface area contributed by atoms with E-state index in [1.165, 1.54) is 13.5 Å². The van der Waals surface area contributed by atoms with Gasteiger partial charge in [-0.05, 0) is 13.5 Å². The SMILES string of the molecule is C=CCCC.CN. The number of unbranched alkanes of at least 4 members (excludes halogenated alkanes) is 1. The molecule has 0 atom stereocenters. The summed E-state index contributed by atoms with van der Waals surface area (Å²) in [4.78, 5) is 0. The molecule has 0 aromatic rings. The lowest BCUT2D eigenvalue weighted by atomic mass is 10.3. The highest BCUT2D eigenvalue weighted by molar-refractivity contribution is 4.63. The number of hydrogen-bond donors (Lipinski definition) is 1. The molecule has 0 bridgehead atoms. The quantitative estimate of drug-likeness (QED) is 0.525. The lowest BCUT2D eigenvalue weighted by Gasteiger charge is -1.72. The van der Waals surface area contributed by atoms with Gasteiger partial charge in [0, 0.05) is 0 Å². The Balaban J connectivity index is 0. The van der Waals surface area contributed by atoms with Crippen molar-refractivity contribution < 1.29 is 0 Å². The summed E-state index contributed by atoms with van der Waals surface area (Å²) in [5.74, 6) is 0. The summed E-state index contributed by atoms with van der Waals surface area (Å²) in [6.07, 6.45) is 4.31. The minimum atomic E-state index is 1.15. The summed E-state index contributed by atoms with van der Waals surface area (Å²) in [7, 11) is 1.50. The van der Waals surface area contributed by atoms with Crippen molar-refractivity contribution in [2.24, 2.45) is 5.73 Å². The Morgan fingerprint density at radius 3 is 2.00 bits per heavy atom. The molecule has 0 unspecified atom stereocenters. The Morgan fingerprint density at radius 2 is 2.00 bits per heavy atom. The van der Waals surface area contributed by atoms with Gasteiger partial charge in [0.15, 0.2) is 0 Å². The third-order valence-corrected chi connectivity index (χ3v) is 0.493. The van der Waals surface area contributed by atoms with Crippen LogP contribution in [-0.2, 0) is 0 Å². The monoisotopic (exact) mass is 101 g/mol. The summed E-state index contributed by atoms with van der Waals surface area (Å²) in [5.41, 5.74) is 4.50. The molecule has 0 heterocycles. The van der Waals surface area contributed by atoms with Crippen LogP contribution in [0.4, 0.5) is 0 Å². The van der Waals surface area contributed by atoms with Gasteiger partial charge in [0.05, 0.1) is 0 Å². The molecular formula is C6H15N. The molecule has 0 saturated heterocycles. The molecule has 0 spiro atoms. The Morgan fingerprint density at radius 1 is 1.57 bits per heavy atom. The van der Waals surface area contributed by atoms with E-state index in [9.17, 15) is 0 Å². The van der Waals surface area contributed by atoms with E-state index < -0.39 is 0 Å². The van der Waals surface area contributed by atoms with Gasteiger partial charge in [-0.2, -0.15) is 0 Å². The second-order valence-electron chi connectivity index (χ2n) is 1.08. The van der Waals surface area contributed by atoms with E-state index >= 15 is 0 Å². The summed E-state index contributed by atoms with van der Waals surface area (Å²) < 4.78 is 0. The summed E-state index contributed by atoms with van der Waals surface area (Å²) in [5, 5.41) is 0. The van der Waals surface area contributed by atoms with Crippen LogP contribution in [0.5, 0.6) is 0 Å². The van der Waals surface area contributed by atoms with Crippen molar-refractivity contribution in [1.82, 2.24) is 0 Å². The molecule has 0 radical (unpaired) electrons. The number of nitrogens with two attached hydrogens (primary N) is 1. The zero-order chi connectivity index (χ0) is 6.12. The number of allylic oxidation sites excluding steroid dienone is 1. The molecule has 0 aliphatic carbocycles. The topological polar surface area (TPSA) is 26.0 Å². The molecular weight excluding hydrogens is 86.1 g/mol. The average Bonchev–Trinajstić information content (AvgIpc) is 1.75. The van der Waals surface area contributed by atoms with Crippen molar-refractivity contribution >= 4 is 0 Å². The van der Waals surface area contributed by atoms with Crippen LogP contribution < -0.4 is 5.73 Å². The van der Waals surface area contributed by atoms with Gasteiger partial charge < -0.3 is 5.73 Å². The first-order chi connectivity index (χ1) is 3.41. The zero-order valence-corrected chi connectivity index (χ0v) is 5.28. The van der Waals surface area contributed by atoms with Gasteiger partial charge >= 0.3 is 0 Å². The van der Waals surface area contributed by atoms with E-state index in [1.54, 1.807) is 0 Å². The van der Waals surface area contributed by atoms with Crippen molar-refractivity contribution in [2.75, 3.05) is 7.05 Å². The molecule has 0 aliphatic rings. The van der Waals surface area contributed by atoms with Crippen molar-refractivity contribution in [3.8, 4) is 0 Å². The summed E-state index contributed by atoms with van der Waals surface area (Å²) in [6.45, 7) is 5.69. The van der Waals surface area contributed by atoms with Crippen molar-refractivity contribution in [2.45, 2.75) is 19.8 Å². The van der Waals surface area contributed by atoms with E-state index in [1.807, 2.05) is 6.08 Å². The van der Waals surface area contributed by atoms with Crippen LogP contribution in [0.15, 0.2) is 12.7 Å². The Bertz CT molecular complexity index is 25.4. The fourth-order valence-electron chi connectivity index (χ4n) is 0.204. The van der Waals surface area contributed by atoms with Crippen LogP contribution in [0.3, 0.4) is 0 Å². The molecule has 2 N–H and O–H groups in total. The summed E-state index contributed by atoms with van der Waals surface area (Å²) in [6, 6.07) is 0. The van der Waals surface area contributed by atoms with Gasteiger partial charge in [-0.1, -0.05) is 19.4 Å². The number of hydrogen-bond acceptors (Lipinski definition) is 1. The average molecular weight is 101 g/mol. The van der Waals surface area contributed by atoms with Gasteiger partial charge in [0.25, 0.3) is 0 Å². The largest absolute Gasteiger partial charge is 0.333 e. The molecule has 44 valence electrons. The molecule has 7 heavy (non-hydrogen) atoms. The predicted molar refractivity (Wildman–Crippen MR) is 35.2 cm³/mol. The second kappa shape index (κ2) is 17.3. The third-order valence-electron chi connectivity index (χ3n) is 0.493. The first kappa shape index (κ1) is 9.85. The highest BCUT2D eigenvalue weighted by Gasteiger charge is 1.61. The highest BCUT2D eigenvalue weighted by Crippen LogP contribution is 1.82. The maximum Gasteiger partial charge on any atom is -0.0195 e. The molecule has 0 aromatic heterocycles. The molecule has 0 aromatic carbocycles. The normalized spacial score (nSPS) is 6.14. The standard InChI is InChI=1S/C5H10.CH5N/c1-3-5-4-2;1-2/h3H,1,4-5H2,2H3;2H2,1H3. The fourth-order valence-corrected chi connectivity index (χ4v) is 0.204. The van der Waals surface area contributed by atoms with E-state index in [0.29, 0.717) is 0 Å². The molecule has 0 saturated carbocycles. The maximum absolute atomic E-state index is 4.50. The van der Waals surface area contributed by atoms with E-state index in [4.69, 9.17) is 0 Å². The van der Waals surface area contributed by atoms with Gasteiger partial charge in [0.2, 0.25) is 0 Å². The lowest BCUT2D eigenvalue weighted by molar-refractivity contribution is 0.961. The molecule has 0 fully saturated rings. The first-order valence-corrected chi connectivity index (χ1v) is 2.60. The minimum absolute atomic E-state index is 1.15. The van der Waals surface area contributed by atoms with Crippen LogP contribution in [0.2, 0.25) is 0 Å². The van der Waals surface area contributed by atoms with Crippen LogP contribution in [-0.4, -0.2) is 7.05 Å². The molecule has 0 aliphatic heterocycles. The predicted octanol–water partition coefficient (Wildman–Crippen LogP) is 1.55. The van der Waals surface area contributed by atoms with Crippen molar-refractivity contribution in [3.63, 3.8) is 0 Å². The maximum atomic E-state index is 4.50. The molecule has 1 nitrogen and oxygen atoms in total. The molecule has 0 amide bonds. The molecule has 0 rings (SSSR count). The van der Waals surface area contributed by atoms with E-state index in [2.05, 4.69) is 19.2 Å². The Labute approximate surface area is 46.2 Å². The van der Waals surface area contributed by atoms with Crippen molar-refractivity contribution in [1.29, 1.82) is 0 Å². The molecule has 1 heteroatoms. The lowest BCUT2D eigenvalue weighted by Crippen LogP contribution is -1.69. The smallest absolute Gasteiger partial charge is 0.0195 e. The van der Waals surface area contributed by atoms with Crippen LogP contribution >= 0.6 is 0 Å². The minimum Gasteiger partial charge on any atom is -0.333 e. The zero-order valence-electron chi connectivity index (χ0n) is 5.28. The second-order valence-corrected chi connectivity index (χ2v) is 1.08. The Hall–Kier alpha value is -0.300. The van der Waals surface area contributed by atoms with Crippen molar-refractivity contribution in [3.05, 3.63) is 12.7 Å². The van der Waals surface area contributed by atoms with Crippen LogP contribution in [0.25, 0.3) is 0 Å². The fraction of sp³-hybridized carbons (Fsp3) is 0.667. The third kappa shape index (κ3) is 27.0. The van der Waals surface area contributed by atoms with Gasteiger partial charge in [-0.15, -0.1) is 6.58 Å². The van der Waals surface area contributed by atoms with Gasteiger partial charge in [0.1, 0.15) is 0 Å². The van der Waals surface area contributed by atoms with Gasteiger partial charge in [-0.25, -0.2) is 0 Å². The van der Waals surface area contributed by atoms with Crippen LogP contribution in [0.1, 0.15) is 19.8 Å². The first-order valence-electron chi connectivity index (χ1n) is 2.60. The number of rotatable bonds is 2. The van der Waals surface area contributed by atoms with E-state index in [0.717, 1.165) is 6.42 Å². The summed E-state index contributed by atoms with van der Waals surface area (Å²) >= 11 is 0. The highest BCUT2D eigenvalue weighted by atomic mass is 14.4. The Kier molecular flexibility index (Phi) is 24.3. The van der Waals surface area contributed by atoms with Gasteiger partial charge in [-0.3, -0.25) is 0 Å². The van der Waals surface area contributed by atoms with E-state index in [-0.39, 0.29) is 0 Å².